The van der Waals surface area contributed by atoms with Crippen LogP contribution in [0.3, 0.4) is 0 Å². The molecule has 0 aliphatic rings. The number of nitrogens with zero attached hydrogens (tertiary/aromatic N) is 1. The summed E-state index contributed by atoms with van der Waals surface area (Å²) in [6.07, 6.45) is 0.692. The van der Waals surface area contributed by atoms with Crippen LogP contribution in [-0.4, -0.2) is 46.5 Å². The van der Waals surface area contributed by atoms with Gasteiger partial charge in [-0.15, -0.1) is 0 Å². The Balaban J connectivity index is 2.23. The molecule has 1 amide bonds. The molecule has 0 heterocycles. The van der Waals surface area contributed by atoms with Gasteiger partial charge in [0.1, 0.15) is 0 Å². The summed E-state index contributed by atoms with van der Waals surface area (Å²) in [7, 11) is -0.563. The van der Waals surface area contributed by atoms with Crippen LogP contribution in [0.5, 0.6) is 0 Å². The molecule has 2 rings (SSSR count). The number of hydrogen-bond donors (Lipinski definition) is 1. The fourth-order valence-corrected chi connectivity index (χ4v) is 3.54. The first kappa shape index (κ1) is 20.2. The van der Waals surface area contributed by atoms with Gasteiger partial charge in [0.2, 0.25) is 0 Å². The predicted octanol–water partition coefficient (Wildman–Crippen LogP) is 3.25. The van der Waals surface area contributed by atoms with E-state index in [1.807, 2.05) is 0 Å². The molecule has 0 aromatic heterocycles. The molecule has 26 heavy (non-hydrogen) atoms. The van der Waals surface area contributed by atoms with Crippen LogP contribution < -0.4 is 4.72 Å². The molecule has 0 aliphatic carbocycles. The molecule has 0 fully saturated rings. The van der Waals surface area contributed by atoms with Gasteiger partial charge in [-0.05, 0) is 42.8 Å². The summed E-state index contributed by atoms with van der Waals surface area (Å²) in [4.78, 5) is 14.3. The fraction of sp³-hybridized carbons (Fsp3) is 0.278. The average molecular weight is 397 g/mol. The molecule has 1 N–H and O–H groups in total. The number of nitrogens with one attached hydrogen (secondary N) is 1. The van der Waals surface area contributed by atoms with E-state index < -0.39 is 10.0 Å². The zero-order valence-corrected chi connectivity index (χ0v) is 16.2. The van der Waals surface area contributed by atoms with E-state index in [0.717, 1.165) is 0 Å². The van der Waals surface area contributed by atoms with Crippen molar-refractivity contribution in [2.45, 2.75) is 11.3 Å². The van der Waals surface area contributed by atoms with E-state index in [4.69, 9.17) is 16.3 Å². The van der Waals surface area contributed by atoms with E-state index in [1.165, 1.54) is 29.2 Å². The van der Waals surface area contributed by atoms with E-state index >= 15 is 0 Å². The Bertz CT molecular complexity index is 854. The third-order valence-corrected chi connectivity index (χ3v) is 5.35. The molecule has 2 aromatic carbocycles. The van der Waals surface area contributed by atoms with Gasteiger partial charge in [-0.3, -0.25) is 9.52 Å². The predicted molar refractivity (Wildman–Crippen MR) is 102 cm³/mol. The Labute approximate surface area is 158 Å². The lowest BCUT2D eigenvalue weighted by molar-refractivity contribution is 0.0780. The molecule has 0 bridgehead atoms. The SMILES string of the molecule is COCCCN(C)C(=O)c1ccccc1NS(=O)(=O)c1ccc(Cl)cc1. The van der Waals surface area contributed by atoms with Crippen LogP contribution in [0.15, 0.2) is 53.4 Å². The second kappa shape index (κ2) is 9.02. The van der Waals surface area contributed by atoms with Crippen LogP contribution >= 0.6 is 11.6 Å². The summed E-state index contributed by atoms with van der Waals surface area (Å²) in [5.41, 5.74) is 0.510. The lowest BCUT2D eigenvalue weighted by Crippen LogP contribution is -2.29. The van der Waals surface area contributed by atoms with Crippen molar-refractivity contribution in [2.75, 3.05) is 32.0 Å². The first-order chi connectivity index (χ1) is 12.3. The van der Waals surface area contributed by atoms with Crippen molar-refractivity contribution >= 4 is 33.2 Å². The second-order valence-corrected chi connectivity index (χ2v) is 7.80. The molecule has 2 aromatic rings. The van der Waals surface area contributed by atoms with Crippen molar-refractivity contribution in [3.05, 3.63) is 59.1 Å². The number of ether oxygens (including phenoxy) is 1. The van der Waals surface area contributed by atoms with Gasteiger partial charge in [-0.2, -0.15) is 0 Å². The molecule has 0 saturated carbocycles. The number of anilines is 1. The van der Waals surface area contributed by atoms with Crippen molar-refractivity contribution in [3.63, 3.8) is 0 Å². The summed E-state index contributed by atoms with van der Waals surface area (Å²) in [5.74, 6) is -0.268. The number of carbonyl (C=O) groups excluding carboxylic acids is 1. The molecule has 0 radical (unpaired) electrons. The molecule has 0 aliphatic heterocycles. The third kappa shape index (κ3) is 5.20. The molecule has 8 heteroatoms. The number of methoxy groups -OCH3 is 1. The Morgan fingerprint density at radius 2 is 1.81 bits per heavy atom. The molecule has 0 spiro atoms. The minimum atomic E-state index is -3.83. The molecular formula is C18H21ClN2O4S. The Morgan fingerprint density at radius 3 is 2.46 bits per heavy atom. The zero-order chi connectivity index (χ0) is 19.2. The number of carbonyl (C=O) groups is 1. The number of amides is 1. The maximum Gasteiger partial charge on any atom is 0.261 e. The summed E-state index contributed by atoms with van der Waals surface area (Å²) in [5, 5.41) is 0.442. The number of hydrogen-bond acceptors (Lipinski definition) is 4. The highest BCUT2D eigenvalue weighted by Gasteiger charge is 2.20. The van der Waals surface area contributed by atoms with Gasteiger partial charge in [0.05, 0.1) is 16.1 Å². The third-order valence-electron chi connectivity index (χ3n) is 3.71. The summed E-state index contributed by atoms with van der Waals surface area (Å²) < 4.78 is 32.6. The largest absolute Gasteiger partial charge is 0.385 e. The number of para-hydroxylation sites is 1. The summed E-state index contributed by atoms with van der Waals surface area (Å²) in [6.45, 7) is 1.05. The minimum absolute atomic E-state index is 0.0672. The highest BCUT2D eigenvalue weighted by Crippen LogP contribution is 2.22. The number of benzene rings is 2. The van der Waals surface area contributed by atoms with Gasteiger partial charge in [-0.1, -0.05) is 23.7 Å². The fourth-order valence-electron chi connectivity index (χ4n) is 2.33. The smallest absolute Gasteiger partial charge is 0.261 e. The van der Waals surface area contributed by atoms with Crippen LogP contribution in [0, 0.1) is 0 Å². The van der Waals surface area contributed by atoms with Crippen molar-refractivity contribution < 1.29 is 17.9 Å². The van der Waals surface area contributed by atoms with E-state index in [2.05, 4.69) is 4.72 Å². The molecule has 6 nitrogen and oxygen atoms in total. The van der Waals surface area contributed by atoms with Crippen LogP contribution in [-0.2, 0) is 14.8 Å². The lowest BCUT2D eigenvalue weighted by Gasteiger charge is -2.19. The van der Waals surface area contributed by atoms with Crippen molar-refractivity contribution in [1.82, 2.24) is 4.90 Å². The van der Waals surface area contributed by atoms with Crippen LogP contribution in [0.1, 0.15) is 16.8 Å². The second-order valence-electron chi connectivity index (χ2n) is 5.68. The topological polar surface area (TPSA) is 75.7 Å². The number of rotatable bonds is 8. The minimum Gasteiger partial charge on any atom is -0.385 e. The summed E-state index contributed by atoms with van der Waals surface area (Å²) in [6, 6.07) is 12.3. The van der Waals surface area contributed by atoms with Crippen LogP contribution in [0.2, 0.25) is 5.02 Å². The van der Waals surface area contributed by atoms with Gasteiger partial charge in [0.25, 0.3) is 15.9 Å². The Hall–Kier alpha value is -2.09. The van der Waals surface area contributed by atoms with Gasteiger partial charge >= 0.3 is 0 Å². The van der Waals surface area contributed by atoms with Gasteiger partial charge < -0.3 is 9.64 Å². The highest BCUT2D eigenvalue weighted by atomic mass is 35.5. The van der Waals surface area contributed by atoms with Crippen molar-refractivity contribution in [3.8, 4) is 0 Å². The van der Waals surface area contributed by atoms with E-state index in [-0.39, 0.29) is 22.1 Å². The molecule has 0 atom stereocenters. The standard InChI is InChI=1S/C18H21ClN2O4S/c1-21(12-5-13-25-2)18(22)16-6-3-4-7-17(16)20-26(23,24)15-10-8-14(19)9-11-15/h3-4,6-11,20H,5,12-13H2,1-2H3. The Kier molecular flexibility index (Phi) is 7.02. The monoisotopic (exact) mass is 396 g/mol. The quantitative estimate of drug-likeness (QED) is 0.695. The highest BCUT2D eigenvalue weighted by molar-refractivity contribution is 7.92. The normalized spacial score (nSPS) is 11.2. The van der Waals surface area contributed by atoms with E-state index in [1.54, 1.807) is 38.4 Å². The van der Waals surface area contributed by atoms with Crippen molar-refractivity contribution in [2.24, 2.45) is 0 Å². The van der Waals surface area contributed by atoms with Crippen LogP contribution in [0.4, 0.5) is 5.69 Å². The first-order valence-electron chi connectivity index (χ1n) is 7.97. The maximum absolute atomic E-state index is 12.7. The molecule has 0 unspecified atom stereocenters. The molecule has 0 saturated heterocycles. The van der Waals surface area contributed by atoms with Crippen molar-refractivity contribution in [1.29, 1.82) is 0 Å². The van der Waals surface area contributed by atoms with Gasteiger partial charge in [-0.25, -0.2) is 8.42 Å². The number of sulfonamides is 1. The summed E-state index contributed by atoms with van der Waals surface area (Å²) >= 11 is 5.80. The van der Waals surface area contributed by atoms with E-state index in [0.29, 0.717) is 24.6 Å². The van der Waals surface area contributed by atoms with Crippen LogP contribution in [0.25, 0.3) is 0 Å². The molecule has 140 valence electrons. The Morgan fingerprint density at radius 1 is 1.15 bits per heavy atom. The maximum atomic E-state index is 12.7. The van der Waals surface area contributed by atoms with Gasteiger partial charge in [0, 0.05) is 32.3 Å². The number of halogens is 1. The molecular weight excluding hydrogens is 376 g/mol. The lowest BCUT2D eigenvalue weighted by atomic mass is 10.1. The first-order valence-corrected chi connectivity index (χ1v) is 9.83. The average Bonchev–Trinajstić information content (AvgIpc) is 2.62. The zero-order valence-electron chi connectivity index (χ0n) is 14.6. The van der Waals surface area contributed by atoms with E-state index in [9.17, 15) is 13.2 Å². The van der Waals surface area contributed by atoms with Gasteiger partial charge in [0.15, 0.2) is 0 Å².